The molecule has 0 aromatic heterocycles. The minimum absolute atomic E-state index is 0.235. The van der Waals surface area contributed by atoms with E-state index in [9.17, 15) is 4.79 Å². The Morgan fingerprint density at radius 1 is 1.73 bits per heavy atom. The van der Waals surface area contributed by atoms with E-state index in [2.05, 4.69) is 16.6 Å². The highest BCUT2D eigenvalue weighted by Gasteiger charge is 2.35. The molecule has 0 aromatic carbocycles. The molecule has 0 saturated carbocycles. The first-order valence-corrected chi connectivity index (χ1v) is 3.52. The minimum Gasteiger partial charge on any atom is -0.429 e. The Hall–Kier alpha value is -1.17. The summed E-state index contributed by atoms with van der Waals surface area (Å²) in [5.41, 5.74) is -0.715. The normalized spacial score (nSPS) is 28.4. The molecule has 1 aliphatic heterocycles. The number of hydrogen-bond acceptors (Lipinski definition) is 3. The molecule has 1 fully saturated rings. The lowest BCUT2D eigenvalue weighted by atomic mass is 10.1. The quantitative estimate of drug-likeness (QED) is 0.390. The summed E-state index contributed by atoms with van der Waals surface area (Å²) in [6, 6.07) is 0. The fourth-order valence-corrected chi connectivity index (χ4v) is 0.776. The molecule has 11 heavy (non-hydrogen) atoms. The van der Waals surface area contributed by atoms with E-state index in [4.69, 9.17) is 4.74 Å². The van der Waals surface area contributed by atoms with Gasteiger partial charge in [-0.15, -0.1) is 0 Å². The number of cyclic esters (lactones) is 2. The van der Waals surface area contributed by atoms with Crippen molar-refractivity contribution in [2.24, 2.45) is 0 Å². The van der Waals surface area contributed by atoms with E-state index < -0.39 is 11.8 Å². The van der Waals surface area contributed by atoms with Gasteiger partial charge in [-0.1, -0.05) is 18.8 Å². The van der Waals surface area contributed by atoms with Crippen LogP contribution in [-0.4, -0.2) is 18.4 Å². The molecule has 1 saturated heterocycles. The Morgan fingerprint density at radius 2 is 2.45 bits per heavy atom. The molecule has 3 nitrogen and oxygen atoms in total. The molecule has 0 radical (unpaired) electrons. The van der Waals surface area contributed by atoms with Gasteiger partial charge in [-0.05, 0) is 6.92 Å². The van der Waals surface area contributed by atoms with Crippen molar-refractivity contribution in [3.8, 4) is 11.8 Å². The van der Waals surface area contributed by atoms with Crippen molar-refractivity contribution >= 4 is 6.16 Å². The largest absolute Gasteiger partial charge is 0.510 e. The van der Waals surface area contributed by atoms with E-state index in [1.807, 2.05) is 6.92 Å². The van der Waals surface area contributed by atoms with Crippen molar-refractivity contribution in [1.82, 2.24) is 0 Å². The molecule has 0 N–H and O–H groups in total. The second-order valence-corrected chi connectivity index (χ2v) is 2.53. The lowest BCUT2D eigenvalue weighted by molar-refractivity contribution is 0.103. The van der Waals surface area contributed by atoms with Crippen LogP contribution in [0.2, 0.25) is 0 Å². The summed E-state index contributed by atoms with van der Waals surface area (Å²) in [7, 11) is 0. The third-order valence-electron chi connectivity index (χ3n) is 1.30. The maximum absolute atomic E-state index is 10.5. The zero-order valence-electron chi connectivity index (χ0n) is 6.64. The number of carbonyl (C=O) groups excluding carboxylic acids is 1. The van der Waals surface area contributed by atoms with Crippen LogP contribution in [0.25, 0.3) is 0 Å². The summed E-state index contributed by atoms with van der Waals surface area (Å²) in [4.78, 5) is 10.5. The molecule has 3 heteroatoms. The molecule has 0 spiro atoms. The topological polar surface area (TPSA) is 35.5 Å². The van der Waals surface area contributed by atoms with Crippen molar-refractivity contribution in [2.75, 3.05) is 6.61 Å². The molecule has 1 unspecified atom stereocenters. The van der Waals surface area contributed by atoms with Gasteiger partial charge in [-0.2, -0.15) is 0 Å². The molecule has 0 aromatic rings. The van der Waals surface area contributed by atoms with Gasteiger partial charge in [-0.25, -0.2) is 4.79 Å². The lowest BCUT2D eigenvalue weighted by Crippen LogP contribution is -2.24. The van der Waals surface area contributed by atoms with Crippen molar-refractivity contribution in [2.45, 2.75) is 25.9 Å². The van der Waals surface area contributed by atoms with E-state index in [1.165, 1.54) is 0 Å². The fourth-order valence-electron chi connectivity index (χ4n) is 0.776. The van der Waals surface area contributed by atoms with Gasteiger partial charge in [0.15, 0.2) is 0 Å². The predicted molar refractivity (Wildman–Crippen MR) is 38.9 cm³/mol. The van der Waals surface area contributed by atoms with E-state index in [1.54, 1.807) is 6.92 Å². The van der Waals surface area contributed by atoms with Gasteiger partial charge in [0, 0.05) is 6.42 Å². The van der Waals surface area contributed by atoms with Crippen LogP contribution in [0.4, 0.5) is 4.79 Å². The third-order valence-corrected chi connectivity index (χ3v) is 1.30. The van der Waals surface area contributed by atoms with Crippen LogP contribution in [0, 0.1) is 11.8 Å². The van der Waals surface area contributed by atoms with Gasteiger partial charge < -0.3 is 9.47 Å². The highest BCUT2D eigenvalue weighted by atomic mass is 16.8. The number of carbonyl (C=O) groups is 1. The van der Waals surface area contributed by atoms with Crippen LogP contribution in [-0.2, 0) is 9.47 Å². The molecular weight excluding hydrogens is 144 g/mol. The second-order valence-electron chi connectivity index (χ2n) is 2.53. The van der Waals surface area contributed by atoms with E-state index in [-0.39, 0.29) is 6.61 Å². The van der Waals surface area contributed by atoms with Crippen LogP contribution >= 0.6 is 0 Å². The van der Waals surface area contributed by atoms with Crippen molar-refractivity contribution in [3.05, 3.63) is 0 Å². The predicted octanol–water partition coefficient (Wildman–Crippen LogP) is 1.33. The SMILES string of the molecule is CCC#CC1(C)COC(=O)O1. The molecular formula is C8H10O3. The van der Waals surface area contributed by atoms with Gasteiger partial charge in [0.25, 0.3) is 0 Å². The van der Waals surface area contributed by atoms with E-state index >= 15 is 0 Å². The Balaban J connectivity index is 2.62. The number of hydrogen-bond donors (Lipinski definition) is 0. The molecule has 0 amide bonds. The van der Waals surface area contributed by atoms with Gasteiger partial charge in [-0.3, -0.25) is 0 Å². The maximum atomic E-state index is 10.5. The van der Waals surface area contributed by atoms with E-state index in [0.29, 0.717) is 0 Å². The average Bonchev–Trinajstić information content (AvgIpc) is 2.28. The first kappa shape index (κ1) is 7.93. The van der Waals surface area contributed by atoms with Crippen molar-refractivity contribution in [1.29, 1.82) is 0 Å². The fraction of sp³-hybridized carbons (Fsp3) is 0.625. The molecule has 1 atom stereocenters. The zero-order valence-corrected chi connectivity index (χ0v) is 6.64. The van der Waals surface area contributed by atoms with Crippen LogP contribution in [0.15, 0.2) is 0 Å². The summed E-state index contributed by atoms with van der Waals surface area (Å²) in [6.45, 7) is 3.91. The standard InChI is InChI=1S/C8H10O3/c1-3-4-5-8(2)6-10-7(9)11-8/h3,6H2,1-2H3. The summed E-state index contributed by atoms with van der Waals surface area (Å²) >= 11 is 0. The smallest absolute Gasteiger partial charge is 0.429 e. The van der Waals surface area contributed by atoms with Crippen LogP contribution < -0.4 is 0 Å². The Labute approximate surface area is 65.7 Å². The maximum Gasteiger partial charge on any atom is 0.510 e. The summed E-state index contributed by atoms with van der Waals surface area (Å²) in [5, 5.41) is 0. The summed E-state index contributed by atoms with van der Waals surface area (Å²) < 4.78 is 9.42. The van der Waals surface area contributed by atoms with Crippen molar-refractivity contribution in [3.63, 3.8) is 0 Å². The first-order valence-electron chi connectivity index (χ1n) is 3.52. The summed E-state index contributed by atoms with van der Waals surface area (Å²) in [6.07, 6.45) is 0.130. The molecule has 60 valence electrons. The third kappa shape index (κ3) is 1.87. The Kier molecular flexibility index (Phi) is 2.04. The van der Waals surface area contributed by atoms with Gasteiger partial charge in [0.1, 0.15) is 6.61 Å². The highest BCUT2D eigenvalue weighted by Crippen LogP contribution is 2.17. The average molecular weight is 154 g/mol. The Morgan fingerprint density at radius 3 is 2.91 bits per heavy atom. The van der Waals surface area contributed by atoms with Gasteiger partial charge >= 0.3 is 6.16 Å². The minimum atomic E-state index is -0.715. The number of ether oxygens (including phenoxy) is 2. The van der Waals surface area contributed by atoms with E-state index in [0.717, 1.165) is 6.42 Å². The number of rotatable bonds is 0. The first-order chi connectivity index (χ1) is 5.16. The van der Waals surface area contributed by atoms with Gasteiger partial charge in [0.2, 0.25) is 5.60 Å². The molecule has 1 aliphatic rings. The lowest BCUT2D eigenvalue weighted by Gasteiger charge is -2.09. The zero-order chi connectivity index (χ0) is 8.32. The molecule has 1 heterocycles. The van der Waals surface area contributed by atoms with Crippen LogP contribution in [0.3, 0.4) is 0 Å². The molecule has 0 bridgehead atoms. The summed E-state index contributed by atoms with van der Waals surface area (Å²) in [5.74, 6) is 5.66. The van der Waals surface area contributed by atoms with Crippen LogP contribution in [0.1, 0.15) is 20.3 Å². The van der Waals surface area contributed by atoms with Gasteiger partial charge in [0.05, 0.1) is 0 Å². The van der Waals surface area contributed by atoms with Crippen LogP contribution in [0.5, 0.6) is 0 Å². The second kappa shape index (κ2) is 2.83. The van der Waals surface area contributed by atoms with Crippen molar-refractivity contribution < 1.29 is 14.3 Å². The molecule has 1 rings (SSSR count). The highest BCUT2D eigenvalue weighted by molar-refractivity contribution is 5.63. The Bertz CT molecular complexity index is 223. The monoisotopic (exact) mass is 154 g/mol. The molecule has 0 aliphatic carbocycles.